The second kappa shape index (κ2) is 13.0. The molecule has 0 fully saturated rings. The second-order valence-corrected chi connectivity index (χ2v) is 6.82. The number of aryl methyl sites for hydroxylation is 1. The number of hydrogen-bond acceptors (Lipinski definition) is 3. The number of methoxy groups -OCH3 is 1. The van der Waals surface area contributed by atoms with Gasteiger partial charge in [0.05, 0.1) is 19.6 Å². The number of nitrogens with one attached hydrogen (secondary N) is 2. The molecule has 0 saturated carbocycles. The molecule has 1 amide bonds. The normalized spacial score (nSPS) is 11.9. The fourth-order valence-electron chi connectivity index (χ4n) is 2.89. The Balaban J connectivity index is 0.00000450. The Kier molecular flexibility index (Phi) is 11.2. The van der Waals surface area contributed by atoms with Crippen molar-refractivity contribution in [1.29, 1.82) is 0 Å². The molecule has 2 rings (SSSR count). The van der Waals surface area contributed by atoms with Crippen LogP contribution in [0, 0.1) is 18.7 Å². The topological polar surface area (TPSA) is 88.7 Å². The lowest BCUT2D eigenvalue weighted by Gasteiger charge is -2.17. The van der Waals surface area contributed by atoms with Gasteiger partial charge in [0.25, 0.3) is 0 Å². The third-order valence-corrected chi connectivity index (χ3v) is 4.51. The first-order valence-corrected chi connectivity index (χ1v) is 9.62. The van der Waals surface area contributed by atoms with Crippen LogP contribution in [0.4, 0.5) is 4.39 Å². The number of nitrogens with zero attached hydrogens (tertiary/aromatic N) is 1. The zero-order valence-corrected chi connectivity index (χ0v) is 19.9. The van der Waals surface area contributed by atoms with Crippen molar-refractivity contribution in [3.63, 3.8) is 0 Å². The van der Waals surface area contributed by atoms with Crippen LogP contribution in [-0.2, 0) is 17.8 Å². The monoisotopic (exact) mass is 528 g/mol. The minimum absolute atomic E-state index is 0. The van der Waals surface area contributed by atoms with E-state index in [0.717, 1.165) is 22.4 Å². The van der Waals surface area contributed by atoms with Gasteiger partial charge in [-0.2, -0.15) is 0 Å². The summed E-state index contributed by atoms with van der Waals surface area (Å²) in [6.07, 6.45) is 0.424. The molecule has 0 heterocycles. The highest BCUT2D eigenvalue weighted by molar-refractivity contribution is 14.0. The molecule has 0 aliphatic carbocycles. The Morgan fingerprint density at radius 1 is 1.20 bits per heavy atom. The van der Waals surface area contributed by atoms with Gasteiger partial charge >= 0.3 is 0 Å². The predicted octanol–water partition coefficient (Wildman–Crippen LogP) is 3.16. The predicted molar refractivity (Wildman–Crippen MR) is 129 cm³/mol. The number of hydrogen-bond donors (Lipinski definition) is 3. The summed E-state index contributed by atoms with van der Waals surface area (Å²) in [5.74, 6) is 0.197. The third-order valence-electron chi connectivity index (χ3n) is 4.51. The highest BCUT2D eigenvalue weighted by Gasteiger charge is 2.17. The molecule has 0 saturated heterocycles. The molecule has 2 aromatic rings. The molecule has 8 heteroatoms. The van der Waals surface area contributed by atoms with E-state index in [9.17, 15) is 9.18 Å². The molecule has 0 aliphatic rings. The number of halogens is 2. The van der Waals surface area contributed by atoms with Gasteiger partial charge in [-0.3, -0.25) is 4.79 Å². The molecule has 1 atom stereocenters. The van der Waals surface area contributed by atoms with Crippen LogP contribution in [0.2, 0.25) is 0 Å². The minimum atomic E-state index is -0.446. The summed E-state index contributed by atoms with van der Waals surface area (Å²) in [5.41, 5.74) is 8.49. The molecule has 1 unspecified atom stereocenters. The van der Waals surface area contributed by atoms with Crippen molar-refractivity contribution in [3.8, 4) is 5.75 Å². The van der Waals surface area contributed by atoms with Crippen LogP contribution in [0.15, 0.2) is 47.5 Å². The van der Waals surface area contributed by atoms with E-state index in [0.29, 0.717) is 32.0 Å². The van der Waals surface area contributed by atoms with E-state index in [-0.39, 0.29) is 29.8 Å². The largest absolute Gasteiger partial charge is 0.496 e. The van der Waals surface area contributed by atoms with Gasteiger partial charge in [0.1, 0.15) is 11.6 Å². The fourth-order valence-corrected chi connectivity index (χ4v) is 2.89. The van der Waals surface area contributed by atoms with E-state index in [4.69, 9.17) is 10.5 Å². The molecular weight excluding hydrogens is 498 g/mol. The molecule has 4 N–H and O–H groups in total. The highest BCUT2D eigenvalue weighted by Crippen LogP contribution is 2.20. The number of ether oxygens (including phenoxy) is 1. The first-order chi connectivity index (χ1) is 13.9. The Morgan fingerprint density at radius 3 is 2.50 bits per heavy atom. The molecule has 0 aliphatic heterocycles. The second-order valence-electron chi connectivity index (χ2n) is 6.82. The summed E-state index contributed by atoms with van der Waals surface area (Å²) in [5, 5.41) is 6.34. The maximum absolute atomic E-state index is 13.1. The lowest BCUT2D eigenvalue weighted by Crippen LogP contribution is -2.43. The SMILES string of the molecule is CCNC(=NCc1ccc(C)cc1OC)NCC(Cc1ccc(F)cc1)C(N)=O.I. The first-order valence-electron chi connectivity index (χ1n) is 9.62. The zero-order valence-electron chi connectivity index (χ0n) is 17.6. The van der Waals surface area contributed by atoms with Crippen LogP contribution in [0.3, 0.4) is 0 Å². The van der Waals surface area contributed by atoms with Gasteiger partial charge < -0.3 is 21.1 Å². The van der Waals surface area contributed by atoms with Crippen molar-refractivity contribution in [2.45, 2.75) is 26.8 Å². The van der Waals surface area contributed by atoms with Crippen LogP contribution >= 0.6 is 24.0 Å². The average molecular weight is 528 g/mol. The summed E-state index contributed by atoms with van der Waals surface area (Å²) < 4.78 is 18.5. The molecule has 0 radical (unpaired) electrons. The minimum Gasteiger partial charge on any atom is -0.496 e. The molecule has 0 aromatic heterocycles. The third kappa shape index (κ3) is 8.17. The Bertz CT molecular complexity index is 844. The Labute approximate surface area is 194 Å². The standard InChI is InChI=1S/C22H29FN4O2.HI/c1-4-25-22(26-13-17-8-5-15(2)11-20(17)29-3)27-14-18(21(24)28)12-16-6-9-19(23)10-7-16;/h5-11,18H,4,12-14H2,1-3H3,(H2,24,28)(H2,25,26,27);1H. The van der Waals surface area contributed by atoms with Crippen LogP contribution in [0.1, 0.15) is 23.6 Å². The number of primary amides is 1. The highest BCUT2D eigenvalue weighted by atomic mass is 127. The summed E-state index contributed by atoms with van der Waals surface area (Å²) in [6, 6.07) is 12.0. The van der Waals surface area contributed by atoms with Gasteiger partial charge in [0.15, 0.2) is 5.96 Å². The van der Waals surface area contributed by atoms with Gasteiger partial charge in [-0.15, -0.1) is 24.0 Å². The van der Waals surface area contributed by atoms with Gasteiger partial charge in [-0.1, -0.05) is 24.3 Å². The number of carbonyl (C=O) groups is 1. The molecule has 30 heavy (non-hydrogen) atoms. The summed E-state index contributed by atoms with van der Waals surface area (Å²) in [4.78, 5) is 16.5. The summed E-state index contributed by atoms with van der Waals surface area (Å²) in [6.45, 7) is 5.40. The molecule has 164 valence electrons. The number of guanidine groups is 1. The number of nitrogens with two attached hydrogens (primary N) is 1. The van der Waals surface area contributed by atoms with Crippen LogP contribution in [-0.4, -0.2) is 32.1 Å². The van der Waals surface area contributed by atoms with Crippen LogP contribution in [0.25, 0.3) is 0 Å². The first kappa shape index (κ1) is 25.7. The number of rotatable bonds is 9. The van der Waals surface area contributed by atoms with E-state index in [1.807, 2.05) is 32.0 Å². The van der Waals surface area contributed by atoms with Crippen molar-refractivity contribution in [2.75, 3.05) is 20.2 Å². The number of benzene rings is 2. The lowest BCUT2D eigenvalue weighted by atomic mass is 9.98. The summed E-state index contributed by atoms with van der Waals surface area (Å²) >= 11 is 0. The summed E-state index contributed by atoms with van der Waals surface area (Å²) in [7, 11) is 1.64. The molecular formula is C22H30FIN4O2. The van der Waals surface area contributed by atoms with Crippen molar-refractivity contribution in [2.24, 2.45) is 16.6 Å². The van der Waals surface area contributed by atoms with Crippen molar-refractivity contribution < 1.29 is 13.9 Å². The van der Waals surface area contributed by atoms with Gasteiger partial charge in [-0.25, -0.2) is 9.38 Å². The van der Waals surface area contributed by atoms with Gasteiger partial charge in [0.2, 0.25) is 5.91 Å². The lowest BCUT2D eigenvalue weighted by molar-refractivity contribution is -0.121. The van der Waals surface area contributed by atoms with E-state index < -0.39 is 11.8 Å². The number of amides is 1. The van der Waals surface area contributed by atoms with E-state index in [1.165, 1.54) is 12.1 Å². The quantitative estimate of drug-likeness (QED) is 0.265. The molecule has 0 bridgehead atoms. The van der Waals surface area contributed by atoms with E-state index >= 15 is 0 Å². The Hall–Kier alpha value is -2.36. The van der Waals surface area contributed by atoms with Gasteiger partial charge in [0, 0.05) is 18.7 Å². The number of aliphatic imine (C=N–C) groups is 1. The maximum atomic E-state index is 13.1. The van der Waals surface area contributed by atoms with E-state index in [1.54, 1.807) is 19.2 Å². The molecule has 0 spiro atoms. The average Bonchev–Trinajstić information content (AvgIpc) is 2.70. The van der Waals surface area contributed by atoms with Crippen molar-refractivity contribution in [1.82, 2.24) is 10.6 Å². The van der Waals surface area contributed by atoms with E-state index in [2.05, 4.69) is 15.6 Å². The number of carbonyl (C=O) groups excluding carboxylic acids is 1. The van der Waals surface area contributed by atoms with Crippen molar-refractivity contribution >= 4 is 35.8 Å². The fraction of sp³-hybridized carbons (Fsp3) is 0.364. The van der Waals surface area contributed by atoms with Crippen molar-refractivity contribution in [3.05, 3.63) is 65.0 Å². The van der Waals surface area contributed by atoms with Gasteiger partial charge in [-0.05, 0) is 49.6 Å². The zero-order chi connectivity index (χ0) is 21.2. The van der Waals surface area contributed by atoms with Crippen LogP contribution in [0.5, 0.6) is 5.75 Å². The molecule has 6 nitrogen and oxygen atoms in total. The maximum Gasteiger partial charge on any atom is 0.222 e. The smallest absolute Gasteiger partial charge is 0.222 e. The molecule has 2 aromatic carbocycles. The van der Waals surface area contributed by atoms with Crippen LogP contribution < -0.4 is 21.1 Å². The Morgan fingerprint density at radius 2 is 1.90 bits per heavy atom.